The predicted molar refractivity (Wildman–Crippen MR) is 117 cm³/mol. The molecule has 4 rings (SSSR count). The van der Waals surface area contributed by atoms with E-state index in [1.165, 1.54) is 0 Å². The van der Waals surface area contributed by atoms with Gasteiger partial charge in [-0.05, 0) is 42.5 Å². The Bertz CT molecular complexity index is 1210. The maximum atomic E-state index is 12.8. The summed E-state index contributed by atoms with van der Waals surface area (Å²) in [6.45, 7) is 0. The third-order valence-corrected chi connectivity index (χ3v) is 4.95. The van der Waals surface area contributed by atoms with Crippen LogP contribution in [0, 0.1) is 0 Å². The maximum Gasteiger partial charge on any atom is 0.258 e. The first-order valence-corrected chi connectivity index (χ1v) is 9.72. The average Bonchev–Trinajstić information content (AvgIpc) is 2.73. The van der Waals surface area contributed by atoms with Gasteiger partial charge in [0.15, 0.2) is 0 Å². The summed E-state index contributed by atoms with van der Waals surface area (Å²) in [4.78, 5) is 44.7. The summed E-state index contributed by atoms with van der Waals surface area (Å²) in [6, 6.07) is 13.6. The number of carbonyl (C=O) groups is 2. The topological polar surface area (TPSA) is 125 Å². The zero-order chi connectivity index (χ0) is 22.0. The Hall–Kier alpha value is -3.85. The van der Waals surface area contributed by atoms with E-state index < -0.39 is 23.3 Å². The molecular formula is C21H18ClN5O4. The van der Waals surface area contributed by atoms with Crippen molar-refractivity contribution < 1.29 is 14.3 Å². The molecule has 2 heterocycles. The molecule has 1 aliphatic heterocycles. The van der Waals surface area contributed by atoms with Crippen molar-refractivity contribution in [2.24, 2.45) is 0 Å². The van der Waals surface area contributed by atoms with Crippen LogP contribution in [0.4, 0.5) is 23.1 Å². The number of nitrogens with zero attached hydrogens (tertiary/aromatic N) is 1. The molecule has 3 aromatic rings. The van der Waals surface area contributed by atoms with Crippen molar-refractivity contribution in [1.82, 2.24) is 9.97 Å². The van der Waals surface area contributed by atoms with E-state index in [1.54, 1.807) is 55.6 Å². The normalized spacial score (nSPS) is 14.9. The molecule has 1 aromatic heterocycles. The number of benzene rings is 2. The van der Waals surface area contributed by atoms with Crippen molar-refractivity contribution in [2.45, 2.75) is 12.3 Å². The highest BCUT2D eigenvalue weighted by Gasteiger charge is 2.34. The van der Waals surface area contributed by atoms with Gasteiger partial charge in [0.2, 0.25) is 17.8 Å². The van der Waals surface area contributed by atoms with Gasteiger partial charge in [-0.15, -0.1) is 0 Å². The molecule has 0 fully saturated rings. The minimum absolute atomic E-state index is 0.0438. The molecule has 0 aliphatic carbocycles. The molecule has 0 saturated heterocycles. The van der Waals surface area contributed by atoms with Gasteiger partial charge in [-0.2, -0.15) is 4.98 Å². The zero-order valence-electron chi connectivity index (χ0n) is 16.4. The van der Waals surface area contributed by atoms with Crippen LogP contribution < -0.4 is 26.2 Å². The molecule has 0 saturated carbocycles. The molecule has 1 atom stereocenters. The third-order valence-electron chi connectivity index (χ3n) is 4.71. The largest absolute Gasteiger partial charge is 0.497 e. The Morgan fingerprint density at radius 1 is 1.16 bits per heavy atom. The van der Waals surface area contributed by atoms with Crippen molar-refractivity contribution in [3.05, 3.63) is 69.5 Å². The molecule has 158 valence electrons. The fraction of sp³-hybridized carbons (Fsp3) is 0.143. The lowest BCUT2D eigenvalue weighted by molar-refractivity contribution is -0.123. The highest BCUT2D eigenvalue weighted by molar-refractivity contribution is 6.30. The molecule has 1 aliphatic rings. The fourth-order valence-electron chi connectivity index (χ4n) is 3.26. The first-order chi connectivity index (χ1) is 14.9. The van der Waals surface area contributed by atoms with Crippen molar-refractivity contribution in [1.29, 1.82) is 0 Å². The minimum Gasteiger partial charge on any atom is -0.497 e. The molecule has 0 spiro atoms. The van der Waals surface area contributed by atoms with Crippen LogP contribution in [0.5, 0.6) is 5.75 Å². The summed E-state index contributed by atoms with van der Waals surface area (Å²) in [5, 5.41) is 8.68. The van der Waals surface area contributed by atoms with Crippen LogP contribution in [-0.4, -0.2) is 28.9 Å². The second-order valence-corrected chi connectivity index (χ2v) is 7.27. The number of aromatic amines is 1. The summed E-state index contributed by atoms with van der Waals surface area (Å²) in [7, 11) is 1.56. The van der Waals surface area contributed by atoms with Crippen molar-refractivity contribution >= 4 is 46.6 Å². The summed E-state index contributed by atoms with van der Waals surface area (Å²) in [5.41, 5.74) is 0.695. The summed E-state index contributed by atoms with van der Waals surface area (Å²) in [6.07, 6.45) is -0.171. The maximum absolute atomic E-state index is 12.8. The second kappa shape index (κ2) is 8.49. The van der Waals surface area contributed by atoms with E-state index in [1.807, 2.05) is 0 Å². The van der Waals surface area contributed by atoms with E-state index in [4.69, 9.17) is 16.3 Å². The lowest BCUT2D eigenvalue weighted by Gasteiger charge is -2.23. The van der Waals surface area contributed by atoms with E-state index in [9.17, 15) is 14.4 Å². The molecule has 31 heavy (non-hydrogen) atoms. The van der Waals surface area contributed by atoms with Crippen LogP contribution in [-0.2, 0) is 9.59 Å². The molecule has 1 unspecified atom stereocenters. The number of aromatic nitrogens is 2. The number of ether oxygens (including phenoxy) is 1. The van der Waals surface area contributed by atoms with Crippen LogP contribution >= 0.6 is 11.6 Å². The molecule has 4 N–H and O–H groups in total. The molecule has 0 bridgehead atoms. The zero-order valence-corrected chi connectivity index (χ0v) is 17.1. The van der Waals surface area contributed by atoms with E-state index >= 15 is 0 Å². The van der Waals surface area contributed by atoms with Crippen LogP contribution in [0.1, 0.15) is 17.9 Å². The summed E-state index contributed by atoms with van der Waals surface area (Å²) >= 11 is 5.95. The van der Waals surface area contributed by atoms with Crippen LogP contribution in [0.2, 0.25) is 5.02 Å². The quantitative estimate of drug-likeness (QED) is 0.483. The van der Waals surface area contributed by atoms with Gasteiger partial charge in [0.05, 0.1) is 18.6 Å². The van der Waals surface area contributed by atoms with Gasteiger partial charge >= 0.3 is 0 Å². The van der Waals surface area contributed by atoms with E-state index in [-0.39, 0.29) is 23.8 Å². The number of carbonyl (C=O) groups excluding carboxylic acids is 2. The second-order valence-electron chi connectivity index (χ2n) is 6.83. The molecule has 10 heteroatoms. The van der Waals surface area contributed by atoms with Gasteiger partial charge in [-0.1, -0.05) is 17.7 Å². The molecule has 2 aromatic carbocycles. The van der Waals surface area contributed by atoms with Gasteiger partial charge in [0.25, 0.3) is 5.56 Å². The number of methoxy groups -OCH3 is 1. The van der Waals surface area contributed by atoms with Crippen LogP contribution in [0.15, 0.2) is 53.3 Å². The van der Waals surface area contributed by atoms with E-state index in [0.29, 0.717) is 22.1 Å². The molecule has 9 nitrogen and oxygen atoms in total. The van der Waals surface area contributed by atoms with Crippen molar-refractivity contribution in [2.75, 3.05) is 23.1 Å². The standard InChI is InChI=1S/C21H18ClN5O4/c1-31-14-7-5-12(6-8-14)24-21-26-18-17(20(30)27-21)15(10-16(28)25-18)19(29)23-13-4-2-3-11(22)9-13/h2-9,15H,10H2,1H3,(H,23,29)(H3,24,25,26,27,28,30). The van der Waals surface area contributed by atoms with E-state index in [0.717, 1.165) is 0 Å². The van der Waals surface area contributed by atoms with Gasteiger partial charge in [0, 0.05) is 22.8 Å². The van der Waals surface area contributed by atoms with Gasteiger partial charge < -0.3 is 20.7 Å². The summed E-state index contributed by atoms with van der Waals surface area (Å²) < 4.78 is 5.11. The highest BCUT2D eigenvalue weighted by atomic mass is 35.5. The van der Waals surface area contributed by atoms with Crippen molar-refractivity contribution in [3.8, 4) is 5.75 Å². The Balaban J connectivity index is 1.61. The first kappa shape index (κ1) is 20.4. The van der Waals surface area contributed by atoms with Crippen LogP contribution in [0.3, 0.4) is 0 Å². The van der Waals surface area contributed by atoms with Crippen molar-refractivity contribution in [3.63, 3.8) is 0 Å². The van der Waals surface area contributed by atoms with Gasteiger partial charge in [-0.25, -0.2) is 0 Å². The first-order valence-electron chi connectivity index (χ1n) is 9.34. The number of hydrogen-bond acceptors (Lipinski definition) is 6. The number of nitrogens with one attached hydrogen (secondary N) is 4. The third kappa shape index (κ3) is 4.51. The Morgan fingerprint density at radius 2 is 1.94 bits per heavy atom. The number of fused-ring (bicyclic) bond motifs is 1. The Labute approximate surface area is 181 Å². The number of anilines is 4. The number of rotatable bonds is 5. The van der Waals surface area contributed by atoms with Gasteiger partial charge in [0.1, 0.15) is 11.6 Å². The Morgan fingerprint density at radius 3 is 2.65 bits per heavy atom. The van der Waals surface area contributed by atoms with E-state index in [2.05, 4.69) is 25.9 Å². The van der Waals surface area contributed by atoms with Crippen LogP contribution in [0.25, 0.3) is 0 Å². The molecular weight excluding hydrogens is 422 g/mol. The highest BCUT2D eigenvalue weighted by Crippen LogP contribution is 2.30. The monoisotopic (exact) mass is 439 g/mol. The molecule has 0 radical (unpaired) electrons. The Kier molecular flexibility index (Phi) is 5.59. The fourth-order valence-corrected chi connectivity index (χ4v) is 3.45. The predicted octanol–water partition coefficient (Wildman–Crippen LogP) is 3.24. The number of H-pyrrole nitrogens is 1. The SMILES string of the molecule is COc1ccc(Nc2nc3c(c(=O)[nH]2)C(C(=O)Nc2cccc(Cl)c2)CC(=O)N3)cc1. The average molecular weight is 440 g/mol. The number of amides is 2. The molecule has 2 amide bonds. The lowest BCUT2D eigenvalue weighted by Crippen LogP contribution is -2.36. The smallest absolute Gasteiger partial charge is 0.258 e. The number of hydrogen-bond donors (Lipinski definition) is 4. The number of halogens is 1. The van der Waals surface area contributed by atoms with Gasteiger partial charge in [-0.3, -0.25) is 19.4 Å². The lowest BCUT2D eigenvalue weighted by atomic mass is 9.92. The summed E-state index contributed by atoms with van der Waals surface area (Å²) in [5.74, 6) is -1.05. The minimum atomic E-state index is -0.992.